The average Bonchev–Trinajstić information content (AvgIpc) is 2.77. The highest BCUT2D eigenvalue weighted by molar-refractivity contribution is 7.71. The lowest BCUT2D eigenvalue weighted by Gasteiger charge is -2.30. The molecule has 2 aromatic carbocycles. The number of aromatic amines is 1. The molecule has 4 rings (SSSR count). The number of benzene rings is 2. The first-order valence-corrected chi connectivity index (χ1v) is 10.7. The van der Waals surface area contributed by atoms with Crippen LogP contribution in [-0.2, 0) is 11.3 Å². The van der Waals surface area contributed by atoms with Crippen molar-refractivity contribution in [2.24, 2.45) is 11.7 Å². The van der Waals surface area contributed by atoms with Gasteiger partial charge in [0.1, 0.15) is 0 Å². The minimum absolute atomic E-state index is 0.144. The summed E-state index contributed by atoms with van der Waals surface area (Å²) in [5, 5.41) is 1.07. The molecule has 1 aliphatic heterocycles. The summed E-state index contributed by atoms with van der Waals surface area (Å²) in [6, 6.07) is 12.2. The van der Waals surface area contributed by atoms with E-state index < -0.39 is 0 Å². The Bertz CT molecular complexity index is 1270. The van der Waals surface area contributed by atoms with Gasteiger partial charge in [0, 0.05) is 29.6 Å². The molecule has 2 amide bonds. The first-order valence-electron chi connectivity index (χ1n) is 9.93. The standard InChI is InChI=1S/C22H21ClN4O3S/c23-16-4-1-13(2-5-16)12-27-21(30)17-6-3-15(11-18(17)25-22(27)31)20(29)26-9-7-14(8-10-26)19(24)28/h1-6,11,14H,7-10,12H2,(H2,24,28)(H,25,31). The molecule has 1 aliphatic rings. The number of likely N-dealkylation sites (tertiary alicyclic amines) is 1. The van der Waals surface area contributed by atoms with Crippen LogP contribution in [0, 0.1) is 10.7 Å². The Kier molecular flexibility index (Phi) is 5.93. The molecule has 0 saturated carbocycles. The third-order valence-corrected chi connectivity index (χ3v) is 6.24. The number of primary amides is 1. The maximum Gasteiger partial charge on any atom is 0.262 e. The molecule has 0 unspecified atom stereocenters. The van der Waals surface area contributed by atoms with Crippen LogP contribution in [0.5, 0.6) is 0 Å². The molecular formula is C22H21ClN4O3S. The van der Waals surface area contributed by atoms with E-state index in [4.69, 9.17) is 29.6 Å². The van der Waals surface area contributed by atoms with Crippen molar-refractivity contribution in [3.8, 4) is 0 Å². The van der Waals surface area contributed by atoms with Crippen molar-refractivity contribution in [2.45, 2.75) is 19.4 Å². The monoisotopic (exact) mass is 456 g/mol. The predicted molar refractivity (Wildman–Crippen MR) is 122 cm³/mol. The van der Waals surface area contributed by atoms with Gasteiger partial charge in [-0.2, -0.15) is 0 Å². The van der Waals surface area contributed by atoms with Crippen molar-refractivity contribution in [1.29, 1.82) is 0 Å². The number of aromatic nitrogens is 2. The average molecular weight is 457 g/mol. The fourth-order valence-electron chi connectivity index (χ4n) is 3.85. The molecule has 9 heteroatoms. The minimum Gasteiger partial charge on any atom is -0.369 e. The van der Waals surface area contributed by atoms with Crippen molar-refractivity contribution >= 4 is 46.5 Å². The lowest BCUT2D eigenvalue weighted by Crippen LogP contribution is -2.41. The number of carbonyl (C=O) groups excluding carboxylic acids is 2. The Morgan fingerprint density at radius 2 is 1.81 bits per heavy atom. The van der Waals surface area contributed by atoms with E-state index in [9.17, 15) is 14.4 Å². The zero-order chi connectivity index (χ0) is 22.1. The number of halogens is 1. The zero-order valence-electron chi connectivity index (χ0n) is 16.6. The number of rotatable bonds is 4. The van der Waals surface area contributed by atoms with Crippen LogP contribution in [0.2, 0.25) is 5.02 Å². The number of piperidine rings is 1. The number of fused-ring (bicyclic) bond motifs is 1. The van der Waals surface area contributed by atoms with Gasteiger partial charge in [-0.25, -0.2) is 0 Å². The second-order valence-electron chi connectivity index (χ2n) is 7.68. The van der Waals surface area contributed by atoms with E-state index in [-0.39, 0.29) is 28.1 Å². The molecule has 1 saturated heterocycles. The van der Waals surface area contributed by atoms with Gasteiger partial charge in [-0.1, -0.05) is 23.7 Å². The first kappa shape index (κ1) is 21.3. The number of carbonyl (C=O) groups is 2. The topological polar surface area (TPSA) is 101 Å². The molecule has 1 fully saturated rings. The fraction of sp³-hybridized carbons (Fsp3) is 0.273. The molecule has 3 N–H and O–H groups in total. The van der Waals surface area contributed by atoms with E-state index in [0.29, 0.717) is 54.0 Å². The molecule has 7 nitrogen and oxygen atoms in total. The third-order valence-electron chi connectivity index (χ3n) is 5.67. The van der Waals surface area contributed by atoms with Crippen LogP contribution >= 0.6 is 23.8 Å². The van der Waals surface area contributed by atoms with Crippen LogP contribution in [0.1, 0.15) is 28.8 Å². The summed E-state index contributed by atoms with van der Waals surface area (Å²) in [5.41, 5.74) is 7.01. The van der Waals surface area contributed by atoms with Gasteiger partial charge in [-0.3, -0.25) is 19.0 Å². The Balaban J connectivity index is 1.61. The molecule has 2 heterocycles. The molecule has 160 valence electrons. The summed E-state index contributed by atoms with van der Waals surface area (Å²) in [5.74, 6) is -0.648. The molecule has 0 radical (unpaired) electrons. The van der Waals surface area contributed by atoms with Crippen LogP contribution < -0.4 is 11.3 Å². The summed E-state index contributed by atoms with van der Waals surface area (Å²) < 4.78 is 1.76. The number of H-pyrrole nitrogens is 1. The van der Waals surface area contributed by atoms with Crippen molar-refractivity contribution in [1.82, 2.24) is 14.5 Å². The number of nitrogens with one attached hydrogen (secondary N) is 1. The summed E-state index contributed by atoms with van der Waals surface area (Å²) >= 11 is 11.3. The Morgan fingerprint density at radius 1 is 1.13 bits per heavy atom. The molecule has 1 aromatic heterocycles. The van der Waals surface area contributed by atoms with E-state index in [0.717, 1.165) is 5.56 Å². The number of nitrogens with zero attached hydrogens (tertiary/aromatic N) is 2. The summed E-state index contributed by atoms with van der Waals surface area (Å²) in [4.78, 5) is 42.0. The summed E-state index contributed by atoms with van der Waals surface area (Å²) in [7, 11) is 0. The number of hydrogen-bond donors (Lipinski definition) is 2. The second-order valence-corrected chi connectivity index (χ2v) is 8.50. The van der Waals surface area contributed by atoms with Crippen molar-refractivity contribution in [2.75, 3.05) is 13.1 Å². The van der Waals surface area contributed by atoms with Gasteiger partial charge >= 0.3 is 0 Å². The second kappa shape index (κ2) is 8.64. The lowest BCUT2D eigenvalue weighted by atomic mass is 9.96. The van der Waals surface area contributed by atoms with Crippen LogP contribution in [0.15, 0.2) is 47.3 Å². The molecule has 3 aromatic rings. The van der Waals surface area contributed by atoms with Crippen molar-refractivity contribution < 1.29 is 9.59 Å². The van der Waals surface area contributed by atoms with Gasteiger partial charge in [-0.05, 0) is 61.0 Å². The van der Waals surface area contributed by atoms with E-state index in [1.807, 2.05) is 12.1 Å². The smallest absolute Gasteiger partial charge is 0.262 e. The number of hydrogen-bond acceptors (Lipinski definition) is 4. The van der Waals surface area contributed by atoms with Gasteiger partial charge in [0.25, 0.3) is 11.5 Å². The van der Waals surface area contributed by atoms with Gasteiger partial charge < -0.3 is 15.6 Å². The van der Waals surface area contributed by atoms with Crippen molar-refractivity contribution in [3.05, 3.63) is 73.7 Å². The van der Waals surface area contributed by atoms with Gasteiger partial charge in [0.15, 0.2) is 4.77 Å². The van der Waals surface area contributed by atoms with Crippen LogP contribution in [0.4, 0.5) is 0 Å². The normalized spacial score (nSPS) is 14.7. The molecule has 0 bridgehead atoms. The van der Waals surface area contributed by atoms with E-state index in [1.54, 1.807) is 35.2 Å². The number of nitrogens with two attached hydrogens (primary N) is 1. The van der Waals surface area contributed by atoms with Gasteiger partial charge in [-0.15, -0.1) is 0 Å². The zero-order valence-corrected chi connectivity index (χ0v) is 18.2. The minimum atomic E-state index is -0.319. The molecule has 0 spiro atoms. The quantitative estimate of drug-likeness (QED) is 0.589. The lowest BCUT2D eigenvalue weighted by molar-refractivity contribution is -0.123. The summed E-state index contributed by atoms with van der Waals surface area (Å²) in [6.45, 7) is 1.27. The highest BCUT2D eigenvalue weighted by Crippen LogP contribution is 2.20. The maximum absolute atomic E-state index is 13.0. The molecule has 0 atom stereocenters. The summed E-state index contributed by atoms with van der Waals surface area (Å²) in [6.07, 6.45) is 1.12. The fourth-order valence-corrected chi connectivity index (χ4v) is 4.24. The van der Waals surface area contributed by atoms with E-state index in [2.05, 4.69) is 4.98 Å². The van der Waals surface area contributed by atoms with Crippen LogP contribution in [0.3, 0.4) is 0 Å². The van der Waals surface area contributed by atoms with Gasteiger partial charge in [0.05, 0.1) is 17.4 Å². The van der Waals surface area contributed by atoms with Gasteiger partial charge in [0.2, 0.25) is 5.91 Å². The predicted octanol–water partition coefficient (Wildman–Crippen LogP) is 3.10. The van der Waals surface area contributed by atoms with Crippen LogP contribution in [-0.4, -0.2) is 39.4 Å². The van der Waals surface area contributed by atoms with Crippen molar-refractivity contribution in [3.63, 3.8) is 0 Å². The number of amides is 2. The van der Waals surface area contributed by atoms with Crippen LogP contribution in [0.25, 0.3) is 10.9 Å². The SMILES string of the molecule is NC(=O)C1CCN(C(=O)c2ccc3c(=O)n(Cc4ccc(Cl)cc4)c(=S)[nH]c3c2)CC1. The molecule has 0 aliphatic carbocycles. The molecular weight excluding hydrogens is 436 g/mol. The molecule has 31 heavy (non-hydrogen) atoms. The highest BCUT2D eigenvalue weighted by atomic mass is 35.5. The highest BCUT2D eigenvalue weighted by Gasteiger charge is 2.26. The Morgan fingerprint density at radius 3 is 2.45 bits per heavy atom. The van der Waals surface area contributed by atoms with E-state index in [1.165, 1.54) is 4.57 Å². The third kappa shape index (κ3) is 4.40. The Hall–Kier alpha value is -2.97. The van der Waals surface area contributed by atoms with E-state index >= 15 is 0 Å². The maximum atomic E-state index is 13.0. The Labute approximate surface area is 188 Å². The first-order chi connectivity index (χ1) is 14.8. The largest absolute Gasteiger partial charge is 0.369 e.